The Morgan fingerprint density at radius 1 is 1.38 bits per heavy atom. The predicted molar refractivity (Wildman–Crippen MR) is 94.3 cm³/mol. The fraction of sp³-hybridized carbons (Fsp3) is 0.500. The van der Waals surface area contributed by atoms with Crippen LogP contribution in [0.2, 0.25) is 0 Å². The monoisotopic (exact) mass is 354 g/mol. The quantitative estimate of drug-likeness (QED) is 0.801. The lowest BCUT2D eigenvalue weighted by Crippen LogP contribution is -2.47. The Labute approximate surface area is 148 Å². The first kappa shape index (κ1) is 18.7. The third-order valence-electron chi connectivity index (χ3n) is 4.38. The van der Waals surface area contributed by atoms with Crippen LogP contribution in [0.4, 0.5) is 4.39 Å². The highest BCUT2D eigenvalue weighted by Gasteiger charge is 2.30. The first-order valence-corrected chi connectivity index (χ1v) is 8.20. The molecule has 0 saturated carbocycles. The van der Waals surface area contributed by atoms with E-state index in [1.54, 1.807) is 12.3 Å². The molecule has 1 atom stereocenters. The molecular formula is C18H24ClFN2O2. The summed E-state index contributed by atoms with van der Waals surface area (Å²) in [7, 11) is 0. The maximum atomic E-state index is 14.1. The normalized spacial score (nSPS) is 16.7. The van der Waals surface area contributed by atoms with Crippen LogP contribution in [0.25, 0.3) is 11.3 Å². The summed E-state index contributed by atoms with van der Waals surface area (Å²) < 4.78 is 25.4. The summed E-state index contributed by atoms with van der Waals surface area (Å²) in [4.78, 5) is 6.40. The molecule has 6 heteroatoms. The smallest absolute Gasteiger partial charge is 0.181 e. The minimum Gasteiger partial charge on any atom is -0.489 e. The average Bonchev–Trinajstić information content (AvgIpc) is 3.06. The molecular weight excluding hydrogens is 331 g/mol. The van der Waals surface area contributed by atoms with Gasteiger partial charge in [0.15, 0.2) is 23.7 Å². The van der Waals surface area contributed by atoms with Crippen molar-refractivity contribution in [2.75, 3.05) is 13.2 Å². The van der Waals surface area contributed by atoms with E-state index in [0.717, 1.165) is 30.5 Å². The van der Waals surface area contributed by atoms with Crippen LogP contribution in [0.5, 0.6) is 5.75 Å². The third kappa shape index (κ3) is 3.57. The third-order valence-corrected chi connectivity index (χ3v) is 4.38. The van der Waals surface area contributed by atoms with Gasteiger partial charge in [-0.25, -0.2) is 9.37 Å². The first-order valence-electron chi connectivity index (χ1n) is 8.20. The number of aromatic nitrogens is 1. The minimum atomic E-state index is -0.312. The molecule has 1 aromatic heterocycles. The van der Waals surface area contributed by atoms with Crippen LogP contribution in [0.15, 0.2) is 29.1 Å². The molecule has 0 unspecified atom stereocenters. The Morgan fingerprint density at radius 2 is 2.17 bits per heavy atom. The Hall–Kier alpha value is -1.59. The molecule has 0 amide bonds. The van der Waals surface area contributed by atoms with E-state index >= 15 is 0 Å². The average molecular weight is 355 g/mol. The highest BCUT2D eigenvalue weighted by molar-refractivity contribution is 5.85. The summed E-state index contributed by atoms with van der Waals surface area (Å²) >= 11 is 0. The number of halogens is 2. The van der Waals surface area contributed by atoms with Gasteiger partial charge in [-0.15, -0.1) is 12.4 Å². The molecule has 3 rings (SSSR count). The van der Waals surface area contributed by atoms with E-state index in [1.165, 1.54) is 12.5 Å². The number of rotatable bonds is 5. The predicted octanol–water partition coefficient (Wildman–Crippen LogP) is 4.33. The van der Waals surface area contributed by atoms with E-state index in [4.69, 9.17) is 9.15 Å². The minimum absolute atomic E-state index is 0. The van der Waals surface area contributed by atoms with Crippen LogP contribution in [-0.2, 0) is 6.42 Å². The van der Waals surface area contributed by atoms with E-state index < -0.39 is 0 Å². The van der Waals surface area contributed by atoms with Crippen LogP contribution < -0.4 is 4.74 Å². The van der Waals surface area contributed by atoms with Crippen LogP contribution in [-0.4, -0.2) is 35.1 Å². The number of benzene rings is 1. The lowest BCUT2D eigenvalue weighted by atomic mass is 9.94. The van der Waals surface area contributed by atoms with Crippen LogP contribution in [0.3, 0.4) is 0 Å². The summed E-state index contributed by atoms with van der Waals surface area (Å²) in [5, 5.41) is 0. The van der Waals surface area contributed by atoms with Crippen molar-refractivity contribution in [2.24, 2.45) is 0 Å². The van der Waals surface area contributed by atoms with Gasteiger partial charge in [-0.2, -0.15) is 0 Å². The fourth-order valence-electron chi connectivity index (χ4n) is 3.35. The number of ether oxygens (including phenoxy) is 1. The molecule has 0 spiro atoms. The standard InChI is InChI=1S/C18H23FN2O2.ClH/c1-4-7-21(12(2)3)13-8-15-14(17-9-20-11-23-17)5-6-16(19)18(15)22-10-13;/h5-6,9,11-13H,4,7-8,10H2,1-3H3;1H/t13-;/m1./s1. The maximum Gasteiger partial charge on any atom is 0.181 e. The number of hydrogen-bond acceptors (Lipinski definition) is 4. The van der Waals surface area contributed by atoms with Gasteiger partial charge in [0, 0.05) is 23.2 Å². The second-order valence-corrected chi connectivity index (χ2v) is 6.27. The molecule has 1 aliphatic heterocycles. The van der Waals surface area contributed by atoms with Crippen molar-refractivity contribution in [2.45, 2.75) is 45.7 Å². The van der Waals surface area contributed by atoms with Gasteiger partial charge in [-0.05, 0) is 45.4 Å². The zero-order valence-corrected chi connectivity index (χ0v) is 15.1. The van der Waals surface area contributed by atoms with Gasteiger partial charge in [0.05, 0.1) is 6.20 Å². The maximum absolute atomic E-state index is 14.1. The van der Waals surface area contributed by atoms with Crippen molar-refractivity contribution in [1.29, 1.82) is 0 Å². The van der Waals surface area contributed by atoms with Crippen molar-refractivity contribution in [3.05, 3.63) is 36.1 Å². The van der Waals surface area contributed by atoms with Crippen LogP contribution >= 0.6 is 12.4 Å². The van der Waals surface area contributed by atoms with E-state index in [0.29, 0.717) is 24.2 Å². The zero-order chi connectivity index (χ0) is 16.4. The molecule has 0 saturated heterocycles. The lowest BCUT2D eigenvalue weighted by Gasteiger charge is -2.38. The highest BCUT2D eigenvalue weighted by Crippen LogP contribution is 2.37. The summed E-state index contributed by atoms with van der Waals surface area (Å²) in [6.07, 6.45) is 4.88. The van der Waals surface area contributed by atoms with E-state index in [1.807, 2.05) is 0 Å². The first-order chi connectivity index (χ1) is 11.1. The van der Waals surface area contributed by atoms with Crippen LogP contribution in [0, 0.1) is 5.82 Å². The number of fused-ring (bicyclic) bond motifs is 1. The van der Waals surface area contributed by atoms with Gasteiger partial charge in [0.2, 0.25) is 0 Å². The van der Waals surface area contributed by atoms with Crippen molar-refractivity contribution in [3.63, 3.8) is 0 Å². The Bertz CT molecular complexity index is 661. The van der Waals surface area contributed by atoms with Crippen molar-refractivity contribution < 1.29 is 13.5 Å². The second-order valence-electron chi connectivity index (χ2n) is 6.27. The van der Waals surface area contributed by atoms with E-state index in [9.17, 15) is 4.39 Å². The topological polar surface area (TPSA) is 38.5 Å². The second kappa shape index (κ2) is 7.99. The van der Waals surface area contributed by atoms with Crippen LogP contribution in [0.1, 0.15) is 32.8 Å². The van der Waals surface area contributed by atoms with Crippen molar-refractivity contribution >= 4 is 12.4 Å². The Balaban J connectivity index is 0.00000208. The molecule has 0 bridgehead atoms. The van der Waals surface area contributed by atoms with E-state index in [2.05, 4.69) is 30.7 Å². The van der Waals surface area contributed by atoms with Crippen molar-refractivity contribution in [1.82, 2.24) is 9.88 Å². The van der Waals surface area contributed by atoms with Gasteiger partial charge in [0.1, 0.15) is 6.61 Å². The summed E-state index contributed by atoms with van der Waals surface area (Å²) in [6.45, 7) is 8.07. The molecule has 24 heavy (non-hydrogen) atoms. The molecule has 1 aliphatic rings. The van der Waals surface area contributed by atoms with Crippen molar-refractivity contribution in [3.8, 4) is 17.1 Å². The Morgan fingerprint density at radius 3 is 2.79 bits per heavy atom. The Kier molecular flexibility index (Phi) is 6.24. The van der Waals surface area contributed by atoms with Gasteiger partial charge in [0.25, 0.3) is 0 Å². The van der Waals surface area contributed by atoms with Gasteiger partial charge in [-0.3, -0.25) is 4.90 Å². The molecule has 0 aliphatic carbocycles. The number of nitrogens with zero attached hydrogens (tertiary/aromatic N) is 2. The van der Waals surface area contributed by atoms with Gasteiger partial charge >= 0.3 is 0 Å². The number of oxazole rings is 1. The zero-order valence-electron chi connectivity index (χ0n) is 14.3. The molecule has 1 aromatic carbocycles. The molecule has 4 nitrogen and oxygen atoms in total. The summed E-state index contributed by atoms with van der Waals surface area (Å²) in [6, 6.07) is 3.85. The summed E-state index contributed by atoms with van der Waals surface area (Å²) in [5.41, 5.74) is 1.74. The number of hydrogen-bond donors (Lipinski definition) is 0. The van der Waals surface area contributed by atoms with Gasteiger partial charge < -0.3 is 9.15 Å². The van der Waals surface area contributed by atoms with Gasteiger partial charge in [-0.1, -0.05) is 6.92 Å². The SMILES string of the molecule is CCCN(C(C)C)[C@H]1COc2c(F)ccc(-c3cnco3)c2C1.Cl. The van der Waals surface area contributed by atoms with E-state index in [-0.39, 0.29) is 24.3 Å². The molecule has 132 valence electrons. The molecule has 2 heterocycles. The highest BCUT2D eigenvalue weighted by atomic mass is 35.5. The summed E-state index contributed by atoms with van der Waals surface area (Å²) in [5.74, 6) is 0.695. The lowest BCUT2D eigenvalue weighted by molar-refractivity contribution is 0.0902. The molecule has 0 fully saturated rings. The molecule has 0 radical (unpaired) electrons. The largest absolute Gasteiger partial charge is 0.489 e. The molecule has 2 aromatic rings. The fourth-order valence-corrected chi connectivity index (χ4v) is 3.35. The molecule has 0 N–H and O–H groups in total.